The van der Waals surface area contributed by atoms with E-state index >= 15 is 0 Å². The minimum Gasteiger partial charge on any atom is -0.351 e. The van der Waals surface area contributed by atoms with Crippen LogP contribution in [0, 0.1) is 5.82 Å². The molecule has 2 heterocycles. The van der Waals surface area contributed by atoms with Crippen LogP contribution in [0.2, 0.25) is 0 Å². The van der Waals surface area contributed by atoms with Gasteiger partial charge in [-0.25, -0.2) is 9.37 Å². The maximum atomic E-state index is 13.3. The quantitative estimate of drug-likeness (QED) is 0.751. The van der Waals surface area contributed by atoms with E-state index in [1.807, 2.05) is 18.2 Å². The third-order valence-electron chi connectivity index (χ3n) is 4.04. The van der Waals surface area contributed by atoms with Crippen LogP contribution in [-0.4, -0.2) is 22.4 Å². The summed E-state index contributed by atoms with van der Waals surface area (Å²) in [6.07, 6.45) is 10.5. The van der Waals surface area contributed by atoms with Gasteiger partial charge in [0.2, 0.25) is 0 Å². The molecule has 0 saturated heterocycles. The largest absolute Gasteiger partial charge is 0.351 e. The number of halogens is 1. The summed E-state index contributed by atoms with van der Waals surface area (Å²) in [5, 5.41) is 5.95. The van der Waals surface area contributed by atoms with Crippen molar-refractivity contribution in [2.45, 2.75) is 32.6 Å². The van der Waals surface area contributed by atoms with Gasteiger partial charge in [0.25, 0.3) is 5.91 Å². The number of nitrogens with one attached hydrogen (secondary N) is 2. The van der Waals surface area contributed by atoms with Gasteiger partial charge in [0.15, 0.2) is 0 Å². The van der Waals surface area contributed by atoms with Gasteiger partial charge in [0, 0.05) is 12.6 Å². The molecule has 0 aliphatic heterocycles. The zero-order chi connectivity index (χ0) is 17.6. The van der Waals surface area contributed by atoms with Crippen molar-refractivity contribution in [3.63, 3.8) is 0 Å². The lowest BCUT2D eigenvalue weighted by molar-refractivity contribution is 0.0947. The zero-order valence-electron chi connectivity index (χ0n) is 14.2. The van der Waals surface area contributed by atoms with E-state index in [1.165, 1.54) is 12.3 Å². The number of nitrogens with zero attached hydrogens (tertiary/aromatic N) is 2. The van der Waals surface area contributed by atoms with Crippen molar-refractivity contribution in [3.8, 4) is 0 Å². The molecule has 0 aromatic carbocycles. The van der Waals surface area contributed by atoms with Crippen molar-refractivity contribution in [2.75, 3.05) is 11.9 Å². The van der Waals surface area contributed by atoms with E-state index in [1.54, 1.807) is 0 Å². The number of rotatable bonds is 7. The minimum absolute atomic E-state index is 0.169. The van der Waals surface area contributed by atoms with E-state index < -0.39 is 5.82 Å². The van der Waals surface area contributed by atoms with Gasteiger partial charge in [-0.3, -0.25) is 9.78 Å². The van der Waals surface area contributed by atoms with Crippen molar-refractivity contribution in [2.24, 2.45) is 0 Å². The third kappa shape index (κ3) is 4.21. The molecule has 1 aliphatic rings. The highest BCUT2D eigenvalue weighted by Crippen LogP contribution is 2.26. The number of amides is 1. The van der Waals surface area contributed by atoms with Crippen molar-refractivity contribution in [1.29, 1.82) is 0 Å². The van der Waals surface area contributed by atoms with Crippen molar-refractivity contribution < 1.29 is 9.18 Å². The number of aromatic nitrogens is 2. The first-order chi connectivity index (χ1) is 12.2. The fraction of sp³-hybridized carbons (Fsp3) is 0.316. The lowest BCUT2D eigenvalue weighted by Crippen LogP contribution is -2.27. The molecule has 0 radical (unpaired) electrons. The number of pyridine rings is 2. The minimum atomic E-state index is -0.431. The van der Waals surface area contributed by atoms with Crippen LogP contribution in [0.5, 0.6) is 0 Å². The highest BCUT2D eigenvalue weighted by molar-refractivity contribution is 5.96. The van der Waals surface area contributed by atoms with Crippen molar-refractivity contribution in [1.82, 2.24) is 15.3 Å². The second-order valence-electron chi connectivity index (χ2n) is 6.01. The Kier molecular flexibility index (Phi) is 5.38. The van der Waals surface area contributed by atoms with Crippen molar-refractivity contribution >= 4 is 23.5 Å². The normalized spacial score (nSPS) is 12.1. The Morgan fingerprint density at radius 1 is 1.28 bits per heavy atom. The summed E-state index contributed by atoms with van der Waals surface area (Å²) in [6.45, 7) is 2.76. The molecule has 0 bridgehead atoms. The molecule has 2 N–H and O–H groups in total. The highest BCUT2D eigenvalue weighted by atomic mass is 19.1. The van der Waals surface area contributed by atoms with Gasteiger partial charge in [-0.1, -0.05) is 31.9 Å². The first-order valence-corrected chi connectivity index (χ1v) is 8.53. The van der Waals surface area contributed by atoms with Crippen LogP contribution >= 0.6 is 0 Å². The van der Waals surface area contributed by atoms with Gasteiger partial charge in [-0.2, -0.15) is 0 Å². The summed E-state index contributed by atoms with van der Waals surface area (Å²) >= 11 is 0. The van der Waals surface area contributed by atoms with E-state index in [0.29, 0.717) is 30.2 Å². The van der Waals surface area contributed by atoms with Crippen LogP contribution in [0.15, 0.2) is 30.6 Å². The maximum Gasteiger partial charge on any atom is 0.270 e. The molecule has 0 fully saturated rings. The second kappa shape index (κ2) is 7.88. The molecule has 3 rings (SSSR count). The van der Waals surface area contributed by atoms with Gasteiger partial charge in [-0.15, -0.1) is 0 Å². The summed E-state index contributed by atoms with van der Waals surface area (Å²) in [5.74, 6) is -0.103. The SMILES string of the molecule is CCCCCNC(=O)c1nc(Nc2cncc(F)c2)cc2c1CC=C2. The average Bonchev–Trinajstić information content (AvgIpc) is 3.06. The molecule has 0 unspecified atom stereocenters. The lowest BCUT2D eigenvalue weighted by Gasteiger charge is -2.12. The molecule has 2 aromatic rings. The number of fused-ring (bicyclic) bond motifs is 1. The number of allylic oxidation sites excluding steroid dienone is 1. The van der Waals surface area contributed by atoms with Gasteiger partial charge < -0.3 is 10.6 Å². The molecule has 130 valence electrons. The van der Waals surface area contributed by atoms with Crippen LogP contribution in [-0.2, 0) is 6.42 Å². The number of carbonyl (C=O) groups is 1. The summed E-state index contributed by atoms with van der Waals surface area (Å²) in [5.41, 5.74) is 2.80. The Morgan fingerprint density at radius 3 is 2.96 bits per heavy atom. The average molecular weight is 340 g/mol. The van der Waals surface area contributed by atoms with Gasteiger partial charge in [0.1, 0.15) is 17.3 Å². The van der Waals surface area contributed by atoms with E-state index in [2.05, 4.69) is 27.5 Å². The lowest BCUT2D eigenvalue weighted by atomic mass is 10.1. The predicted molar refractivity (Wildman–Crippen MR) is 96.3 cm³/mol. The summed E-state index contributed by atoms with van der Waals surface area (Å²) in [6, 6.07) is 3.19. The fourth-order valence-corrected chi connectivity index (χ4v) is 2.80. The number of hydrogen-bond acceptors (Lipinski definition) is 4. The molecule has 2 aromatic heterocycles. The number of hydrogen-bond donors (Lipinski definition) is 2. The first kappa shape index (κ1) is 17.1. The van der Waals surface area contributed by atoms with E-state index in [4.69, 9.17) is 0 Å². The van der Waals surface area contributed by atoms with Crippen LogP contribution < -0.4 is 10.6 Å². The molecular formula is C19H21FN4O. The second-order valence-corrected chi connectivity index (χ2v) is 6.01. The molecule has 25 heavy (non-hydrogen) atoms. The van der Waals surface area contributed by atoms with Crippen molar-refractivity contribution in [3.05, 3.63) is 53.2 Å². The Bertz CT molecular complexity index is 804. The standard InChI is InChI=1S/C19H21FN4O/c1-2-3-4-8-22-19(25)18-16-7-5-6-13(16)9-17(24-18)23-15-10-14(20)11-21-12-15/h5-6,9-12H,2-4,7-8H2,1H3,(H,22,25)(H,23,24). The van der Waals surface area contributed by atoms with E-state index in [0.717, 1.165) is 36.6 Å². The Morgan fingerprint density at radius 2 is 2.16 bits per heavy atom. The summed E-state index contributed by atoms with van der Waals surface area (Å²) < 4.78 is 13.3. The third-order valence-corrected chi connectivity index (χ3v) is 4.04. The Labute approximate surface area is 146 Å². The summed E-state index contributed by atoms with van der Waals surface area (Å²) in [7, 11) is 0. The number of anilines is 2. The molecule has 0 atom stereocenters. The van der Waals surface area contributed by atoms with Crippen LogP contribution in [0.1, 0.15) is 47.8 Å². The first-order valence-electron chi connectivity index (χ1n) is 8.53. The van der Waals surface area contributed by atoms with Gasteiger partial charge in [-0.05, 0) is 30.0 Å². The van der Waals surface area contributed by atoms with E-state index in [-0.39, 0.29) is 5.91 Å². The van der Waals surface area contributed by atoms with Crippen LogP contribution in [0.25, 0.3) is 6.08 Å². The fourth-order valence-electron chi connectivity index (χ4n) is 2.80. The van der Waals surface area contributed by atoms with E-state index in [9.17, 15) is 9.18 Å². The monoisotopic (exact) mass is 340 g/mol. The molecule has 5 nitrogen and oxygen atoms in total. The summed E-state index contributed by atoms with van der Waals surface area (Å²) in [4.78, 5) is 20.8. The molecule has 0 saturated carbocycles. The number of unbranched alkanes of at least 4 members (excludes halogenated alkanes) is 2. The molecular weight excluding hydrogens is 319 g/mol. The zero-order valence-corrected chi connectivity index (χ0v) is 14.2. The Balaban J connectivity index is 1.81. The number of carbonyl (C=O) groups excluding carboxylic acids is 1. The predicted octanol–water partition coefficient (Wildman–Crippen LogP) is 3.85. The molecule has 1 aliphatic carbocycles. The topological polar surface area (TPSA) is 66.9 Å². The van der Waals surface area contributed by atoms with Gasteiger partial charge >= 0.3 is 0 Å². The van der Waals surface area contributed by atoms with Crippen LogP contribution in [0.3, 0.4) is 0 Å². The smallest absolute Gasteiger partial charge is 0.270 e. The molecule has 1 amide bonds. The Hall–Kier alpha value is -2.76. The van der Waals surface area contributed by atoms with Gasteiger partial charge in [0.05, 0.1) is 18.1 Å². The molecule has 6 heteroatoms. The molecule has 0 spiro atoms. The highest BCUT2D eigenvalue weighted by Gasteiger charge is 2.19. The van der Waals surface area contributed by atoms with Crippen LogP contribution in [0.4, 0.5) is 15.9 Å². The maximum absolute atomic E-state index is 13.3.